The number of carbonyl (C=O) groups excluding carboxylic acids is 1. The van der Waals surface area contributed by atoms with Crippen molar-refractivity contribution in [2.45, 2.75) is 6.61 Å². The van der Waals surface area contributed by atoms with E-state index in [9.17, 15) is 4.79 Å². The van der Waals surface area contributed by atoms with Crippen LogP contribution >= 0.6 is 0 Å². The second kappa shape index (κ2) is 8.44. The van der Waals surface area contributed by atoms with Crippen LogP contribution in [0.4, 0.5) is 0 Å². The third kappa shape index (κ3) is 4.19. The summed E-state index contributed by atoms with van der Waals surface area (Å²) >= 11 is 0. The van der Waals surface area contributed by atoms with Gasteiger partial charge in [-0.05, 0) is 42.0 Å². The number of esters is 1. The van der Waals surface area contributed by atoms with Crippen molar-refractivity contribution >= 4 is 16.9 Å². The van der Waals surface area contributed by atoms with Gasteiger partial charge in [-0.25, -0.2) is 4.79 Å². The Bertz CT molecular complexity index is 1130. The Morgan fingerprint density at radius 1 is 0.828 bits per heavy atom. The van der Waals surface area contributed by atoms with Crippen LogP contribution in [0.3, 0.4) is 0 Å². The first kappa shape index (κ1) is 18.5. The summed E-state index contributed by atoms with van der Waals surface area (Å²) in [6, 6.07) is 23.9. The number of fused-ring (bicyclic) bond motifs is 1. The number of pyridine rings is 1. The Balaban J connectivity index is 1.44. The van der Waals surface area contributed by atoms with E-state index < -0.39 is 5.97 Å². The monoisotopic (exact) mass is 385 g/mol. The van der Waals surface area contributed by atoms with Crippen LogP contribution in [-0.4, -0.2) is 18.1 Å². The molecule has 0 amide bonds. The van der Waals surface area contributed by atoms with Crippen molar-refractivity contribution in [1.29, 1.82) is 0 Å². The number of ether oxygens (including phenoxy) is 3. The minimum atomic E-state index is -0.430. The number of nitrogens with zero attached hydrogens (tertiary/aromatic N) is 1. The number of aromatic nitrogens is 1. The number of rotatable bonds is 6. The zero-order chi connectivity index (χ0) is 20.1. The molecule has 0 spiro atoms. The number of benzene rings is 3. The van der Waals surface area contributed by atoms with E-state index in [2.05, 4.69) is 4.98 Å². The standard InChI is InChI=1S/C24H19NO4/c1-27-20-8-2-3-9-21(20)28-16-17-11-13-19(14-12-17)24(26)29-22-10-4-6-18-7-5-15-25-23(18)22/h2-15H,16H2,1H3. The minimum Gasteiger partial charge on any atom is -0.493 e. The van der Waals surface area contributed by atoms with E-state index in [0.29, 0.717) is 34.9 Å². The zero-order valence-electron chi connectivity index (χ0n) is 15.9. The van der Waals surface area contributed by atoms with E-state index in [-0.39, 0.29) is 0 Å². The fraction of sp³-hybridized carbons (Fsp3) is 0.0833. The molecular formula is C24H19NO4. The van der Waals surface area contributed by atoms with Crippen molar-refractivity contribution < 1.29 is 19.0 Å². The summed E-state index contributed by atoms with van der Waals surface area (Å²) in [7, 11) is 1.61. The van der Waals surface area contributed by atoms with Crippen LogP contribution < -0.4 is 14.2 Å². The van der Waals surface area contributed by atoms with Gasteiger partial charge in [0.2, 0.25) is 0 Å². The highest BCUT2D eigenvalue weighted by Gasteiger charge is 2.12. The summed E-state index contributed by atoms with van der Waals surface area (Å²) in [6.45, 7) is 0.364. The molecule has 1 heterocycles. The summed E-state index contributed by atoms with van der Waals surface area (Å²) in [5, 5.41) is 0.918. The first-order valence-electron chi connectivity index (χ1n) is 9.15. The normalized spacial score (nSPS) is 10.5. The average molecular weight is 385 g/mol. The number of hydrogen-bond donors (Lipinski definition) is 0. The summed E-state index contributed by atoms with van der Waals surface area (Å²) < 4.78 is 16.7. The SMILES string of the molecule is COc1ccccc1OCc1ccc(C(=O)Oc2cccc3cccnc23)cc1. The molecule has 0 aliphatic carbocycles. The van der Waals surface area contributed by atoms with Crippen LogP contribution in [0.5, 0.6) is 17.2 Å². The molecule has 29 heavy (non-hydrogen) atoms. The average Bonchev–Trinajstić information content (AvgIpc) is 2.78. The Morgan fingerprint density at radius 2 is 1.55 bits per heavy atom. The van der Waals surface area contributed by atoms with E-state index in [4.69, 9.17) is 14.2 Å². The molecule has 0 unspecified atom stereocenters. The maximum absolute atomic E-state index is 12.5. The first-order valence-corrected chi connectivity index (χ1v) is 9.15. The largest absolute Gasteiger partial charge is 0.493 e. The van der Waals surface area contributed by atoms with E-state index in [1.165, 1.54) is 0 Å². The van der Waals surface area contributed by atoms with Crippen molar-refractivity contribution in [2.24, 2.45) is 0 Å². The molecule has 0 aliphatic heterocycles. The molecule has 3 aromatic carbocycles. The fourth-order valence-electron chi connectivity index (χ4n) is 2.95. The number of carbonyl (C=O) groups is 1. The lowest BCUT2D eigenvalue weighted by Gasteiger charge is -2.11. The Hall–Kier alpha value is -3.86. The van der Waals surface area contributed by atoms with Gasteiger partial charge in [0.25, 0.3) is 0 Å². The van der Waals surface area contributed by atoms with Gasteiger partial charge in [0.05, 0.1) is 12.7 Å². The first-order chi connectivity index (χ1) is 14.2. The Morgan fingerprint density at radius 3 is 2.34 bits per heavy atom. The van der Waals surface area contributed by atoms with E-state index >= 15 is 0 Å². The molecule has 5 heteroatoms. The van der Waals surface area contributed by atoms with Gasteiger partial charge in [0.15, 0.2) is 17.2 Å². The molecule has 0 saturated carbocycles. The van der Waals surface area contributed by atoms with Gasteiger partial charge in [0, 0.05) is 11.6 Å². The van der Waals surface area contributed by atoms with E-state index in [1.54, 1.807) is 31.5 Å². The van der Waals surface area contributed by atoms with Gasteiger partial charge in [-0.15, -0.1) is 0 Å². The Kier molecular flexibility index (Phi) is 5.38. The smallest absolute Gasteiger partial charge is 0.343 e. The predicted molar refractivity (Wildman–Crippen MR) is 110 cm³/mol. The second-order valence-electron chi connectivity index (χ2n) is 6.36. The number of para-hydroxylation sites is 3. The highest BCUT2D eigenvalue weighted by atomic mass is 16.5. The highest BCUT2D eigenvalue weighted by molar-refractivity contribution is 5.94. The van der Waals surface area contributed by atoms with Gasteiger partial charge >= 0.3 is 5.97 Å². The molecule has 0 atom stereocenters. The maximum atomic E-state index is 12.5. The summed E-state index contributed by atoms with van der Waals surface area (Å²) in [4.78, 5) is 16.8. The second-order valence-corrected chi connectivity index (χ2v) is 6.36. The van der Waals surface area contributed by atoms with Crippen molar-refractivity contribution in [2.75, 3.05) is 7.11 Å². The molecule has 144 valence electrons. The lowest BCUT2D eigenvalue weighted by molar-refractivity contribution is 0.0736. The summed E-state index contributed by atoms with van der Waals surface area (Å²) in [6.07, 6.45) is 1.68. The van der Waals surface area contributed by atoms with Crippen molar-refractivity contribution in [3.63, 3.8) is 0 Å². The fourth-order valence-corrected chi connectivity index (χ4v) is 2.95. The molecule has 4 rings (SSSR count). The van der Waals surface area contributed by atoms with Gasteiger partial charge < -0.3 is 14.2 Å². The molecule has 0 fully saturated rings. The lowest BCUT2D eigenvalue weighted by atomic mass is 10.1. The molecule has 0 aliphatic rings. The van der Waals surface area contributed by atoms with Crippen LogP contribution in [0.15, 0.2) is 85.1 Å². The van der Waals surface area contributed by atoms with Crippen LogP contribution in [0.25, 0.3) is 10.9 Å². The number of hydrogen-bond acceptors (Lipinski definition) is 5. The minimum absolute atomic E-state index is 0.364. The lowest BCUT2D eigenvalue weighted by Crippen LogP contribution is -2.09. The molecule has 0 saturated heterocycles. The Labute approximate surface area is 168 Å². The van der Waals surface area contributed by atoms with Gasteiger partial charge in [-0.1, -0.05) is 42.5 Å². The van der Waals surface area contributed by atoms with E-state index in [0.717, 1.165) is 10.9 Å². The summed E-state index contributed by atoms with van der Waals surface area (Å²) in [5.41, 5.74) is 2.04. The van der Waals surface area contributed by atoms with Gasteiger partial charge in [-0.2, -0.15) is 0 Å². The molecule has 0 N–H and O–H groups in total. The number of methoxy groups -OCH3 is 1. The van der Waals surface area contributed by atoms with Crippen LogP contribution in [0.2, 0.25) is 0 Å². The highest BCUT2D eigenvalue weighted by Crippen LogP contribution is 2.27. The molecular weight excluding hydrogens is 366 g/mol. The van der Waals surface area contributed by atoms with Crippen LogP contribution in [-0.2, 0) is 6.61 Å². The van der Waals surface area contributed by atoms with Crippen LogP contribution in [0, 0.1) is 0 Å². The van der Waals surface area contributed by atoms with Crippen molar-refractivity contribution in [1.82, 2.24) is 4.98 Å². The molecule has 1 aromatic heterocycles. The van der Waals surface area contributed by atoms with Crippen molar-refractivity contribution in [3.8, 4) is 17.2 Å². The zero-order valence-corrected chi connectivity index (χ0v) is 15.9. The predicted octanol–water partition coefficient (Wildman–Crippen LogP) is 5.04. The molecule has 4 aromatic rings. The van der Waals surface area contributed by atoms with Gasteiger partial charge in [0.1, 0.15) is 12.1 Å². The molecule has 0 radical (unpaired) electrons. The van der Waals surface area contributed by atoms with Gasteiger partial charge in [-0.3, -0.25) is 4.98 Å². The van der Waals surface area contributed by atoms with Crippen LogP contribution in [0.1, 0.15) is 15.9 Å². The third-order valence-corrected chi connectivity index (χ3v) is 4.45. The summed E-state index contributed by atoms with van der Waals surface area (Å²) in [5.74, 6) is 1.36. The maximum Gasteiger partial charge on any atom is 0.343 e. The topological polar surface area (TPSA) is 57.7 Å². The van der Waals surface area contributed by atoms with E-state index in [1.807, 2.05) is 60.7 Å². The van der Waals surface area contributed by atoms with Crippen molar-refractivity contribution in [3.05, 3.63) is 96.2 Å². The third-order valence-electron chi connectivity index (χ3n) is 4.45. The molecule has 0 bridgehead atoms. The quantitative estimate of drug-likeness (QED) is 0.344. The molecule has 5 nitrogen and oxygen atoms in total.